The molecule has 1 fully saturated rings. The Labute approximate surface area is 146 Å². The fourth-order valence-electron chi connectivity index (χ4n) is 3.23. The van der Waals surface area contributed by atoms with Gasteiger partial charge in [0.2, 0.25) is 0 Å². The van der Waals surface area contributed by atoms with Crippen molar-refractivity contribution >= 4 is 5.78 Å². The molecule has 3 rings (SSSR count). The molecule has 1 saturated heterocycles. The van der Waals surface area contributed by atoms with Crippen LogP contribution < -0.4 is 0 Å². The number of hydrogen-bond acceptors (Lipinski definition) is 5. The van der Waals surface area contributed by atoms with Gasteiger partial charge in [0, 0.05) is 30.8 Å². The van der Waals surface area contributed by atoms with Crippen molar-refractivity contribution in [3.63, 3.8) is 0 Å². The van der Waals surface area contributed by atoms with Crippen LogP contribution in [0.3, 0.4) is 0 Å². The maximum Gasteiger partial charge on any atom is 0.179 e. The van der Waals surface area contributed by atoms with Crippen LogP contribution in [0.1, 0.15) is 34.7 Å². The summed E-state index contributed by atoms with van der Waals surface area (Å²) < 4.78 is 14.5. The zero-order chi connectivity index (χ0) is 18.0. The largest absolute Gasteiger partial charge is 0.310 e. The molecule has 1 aliphatic heterocycles. The Bertz CT molecular complexity index is 839. The first-order chi connectivity index (χ1) is 12.0. The summed E-state index contributed by atoms with van der Waals surface area (Å²) in [5.41, 5.74) is 2.18. The van der Waals surface area contributed by atoms with E-state index in [4.69, 9.17) is 5.26 Å². The van der Waals surface area contributed by atoms with Crippen molar-refractivity contribution in [2.24, 2.45) is 5.92 Å². The third kappa shape index (κ3) is 3.82. The second kappa shape index (κ2) is 6.98. The molecule has 5 nitrogen and oxygen atoms in total. The highest BCUT2D eigenvalue weighted by Gasteiger charge is 2.25. The summed E-state index contributed by atoms with van der Waals surface area (Å²) in [4.78, 5) is 22.6. The van der Waals surface area contributed by atoms with Crippen molar-refractivity contribution in [3.8, 4) is 17.5 Å². The Morgan fingerprint density at radius 1 is 1.36 bits per heavy atom. The summed E-state index contributed by atoms with van der Waals surface area (Å²) in [5.74, 6) is -0.0207. The van der Waals surface area contributed by atoms with Crippen molar-refractivity contribution < 1.29 is 9.18 Å². The molecule has 0 spiro atoms. The van der Waals surface area contributed by atoms with Gasteiger partial charge in [-0.15, -0.1) is 0 Å². The van der Waals surface area contributed by atoms with Crippen molar-refractivity contribution in [1.29, 1.82) is 5.26 Å². The topological polar surface area (TPSA) is 69.9 Å². The van der Waals surface area contributed by atoms with Crippen LogP contribution in [0.2, 0.25) is 0 Å². The summed E-state index contributed by atoms with van der Waals surface area (Å²) >= 11 is 0. The lowest BCUT2D eigenvalue weighted by atomic mass is 9.96. The highest BCUT2D eigenvalue weighted by Crippen LogP contribution is 2.25. The van der Waals surface area contributed by atoms with Gasteiger partial charge in [-0.2, -0.15) is 5.26 Å². The van der Waals surface area contributed by atoms with E-state index < -0.39 is 5.82 Å². The lowest BCUT2D eigenvalue weighted by molar-refractivity contribution is 0.0959. The molecule has 1 aromatic heterocycles. The molecule has 0 unspecified atom stereocenters. The van der Waals surface area contributed by atoms with E-state index in [9.17, 15) is 9.18 Å². The average molecular weight is 338 g/mol. The van der Waals surface area contributed by atoms with Gasteiger partial charge in [0.05, 0.1) is 11.3 Å². The van der Waals surface area contributed by atoms with Gasteiger partial charge in [-0.3, -0.25) is 4.79 Å². The molecule has 1 atom stereocenters. The van der Waals surface area contributed by atoms with Gasteiger partial charge in [-0.25, -0.2) is 14.4 Å². The number of aromatic nitrogens is 2. The quantitative estimate of drug-likeness (QED) is 0.632. The summed E-state index contributed by atoms with van der Waals surface area (Å²) in [5, 5.41) is 8.88. The SMILES string of the molecule is Cc1cc(-c2ccc(C(=O)C[C@@H]3CCN(C#N)C3)c(F)c2)nc(C)n1. The van der Waals surface area contributed by atoms with Crippen LogP contribution in [0.15, 0.2) is 24.3 Å². The summed E-state index contributed by atoms with van der Waals surface area (Å²) in [6, 6.07) is 6.38. The molecular formula is C19H19FN4O. The Hall–Kier alpha value is -2.81. The van der Waals surface area contributed by atoms with E-state index in [0.29, 0.717) is 30.2 Å². The molecule has 2 heterocycles. The highest BCUT2D eigenvalue weighted by molar-refractivity contribution is 5.97. The van der Waals surface area contributed by atoms with Crippen molar-refractivity contribution in [2.45, 2.75) is 26.7 Å². The molecule has 0 bridgehead atoms. The van der Waals surface area contributed by atoms with Gasteiger partial charge >= 0.3 is 0 Å². The smallest absolute Gasteiger partial charge is 0.179 e. The van der Waals surface area contributed by atoms with Gasteiger partial charge in [-0.05, 0) is 44.4 Å². The summed E-state index contributed by atoms with van der Waals surface area (Å²) in [7, 11) is 0. The van der Waals surface area contributed by atoms with E-state index in [0.717, 1.165) is 12.1 Å². The number of nitriles is 1. The molecule has 2 aromatic rings. The molecule has 25 heavy (non-hydrogen) atoms. The zero-order valence-electron chi connectivity index (χ0n) is 14.3. The van der Waals surface area contributed by atoms with Gasteiger partial charge in [0.25, 0.3) is 0 Å². The number of Topliss-reactive ketones (excluding diaryl/α,β-unsaturated/α-hetero) is 1. The average Bonchev–Trinajstić information content (AvgIpc) is 3.01. The van der Waals surface area contributed by atoms with Crippen LogP contribution >= 0.6 is 0 Å². The molecule has 0 radical (unpaired) electrons. The Morgan fingerprint density at radius 2 is 2.16 bits per heavy atom. The van der Waals surface area contributed by atoms with E-state index >= 15 is 0 Å². The first-order valence-corrected chi connectivity index (χ1v) is 8.26. The number of carbonyl (C=O) groups is 1. The Kier molecular flexibility index (Phi) is 4.75. The maximum absolute atomic E-state index is 14.5. The van der Waals surface area contributed by atoms with Crippen LogP contribution in [-0.4, -0.2) is 33.7 Å². The summed E-state index contributed by atoms with van der Waals surface area (Å²) in [6.07, 6.45) is 3.14. The minimum atomic E-state index is -0.536. The second-order valence-corrected chi connectivity index (χ2v) is 6.46. The standard InChI is InChI=1S/C19H19FN4O/c1-12-7-18(23-13(2)22-12)15-3-4-16(17(20)9-15)19(25)8-14-5-6-24(10-14)11-21/h3-4,7,9,14H,5-6,8,10H2,1-2H3/t14-/m0/s1. The number of likely N-dealkylation sites (tertiary alicyclic amines) is 1. The van der Waals surface area contributed by atoms with Gasteiger partial charge in [0.1, 0.15) is 11.6 Å². The number of halogens is 1. The molecule has 0 amide bonds. The number of carbonyl (C=O) groups excluding carboxylic acids is 1. The summed E-state index contributed by atoms with van der Waals surface area (Å²) in [6.45, 7) is 4.89. The monoisotopic (exact) mass is 338 g/mol. The number of nitrogens with zero attached hydrogens (tertiary/aromatic N) is 4. The van der Waals surface area contributed by atoms with Crippen LogP contribution in [0.25, 0.3) is 11.3 Å². The molecule has 0 saturated carbocycles. The highest BCUT2D eigenvalue weighted by atomic mass is 19.1. The van der Waals surface area contributed by atoms with Gasteiger partial charge in [0.15, 0.2) is 12.0 Å². The first-order valence-electron chi connectivity index (χ1n) is 8.26. The van der Waals surface area contributed by atoms with Crippen LogP contribution in [0.4, 0.5) is 4.39 Å². The van der Waals surface area contributed by atoms with E-state index in [2.05, 4.69) is 16.2 Å². The molecular weight excluding hydrogens is 319 g/mol. The van der Waals surface area contributed by atoms with E-state index in [1.165, 1.54) is 12.1 Å². The number of aryl methyl sites for hydroxylation is 2. The molecule has 0 N–H and O–H groups in total. The normalized spacial score (nSPS) is 16.7. The van der Waals surface area contributed by atoms with Crippen LogP contribution in [0.5, 0.6) is 0 Å². The fourth-order valence-corrected chi connectivity index (χ4v) is 3.23. The zero-order valence-corrected chi connectivity index (χ0v) is 14.3. The van der Waals surface area contributed by atoms with E-state index in [1.807, 2.05) is 6.92 Å². The fraction of sp³-hybridized carbons (Fsp3) is 0.368. The van der Waals surface area contributed by atoms with Crippen LogP contribution in [0, 0.1) is 37.0 Å². The molecule has 1 aromatic carbocycles. The van der Waals surface area contributed by atoms with Gasteiger partial charge in [-0.1, -0.05) is 6.07 Å². The molecule has 1 aliphatic rings. The number of benzene rings is 1. The number of rotatable bonds is 4. The molecule has 0 aliphatic carbocycles. The number of hydrogen-bond donors (Lipinski definition) is 0. The predicted octanol–water partition coefficient (Wildman–Crippen LogP) is 3.28. The predicted molar refractivity (Wildman–Crippen MR) is 91.1 cm³/mol. The second-order valence-electron chi connectivity index (χ2n) is 6.46. The number of ketones is 1. The first kappa shape index (κ1) is 17.0. The van der Waals surface area contributed by atoms with Crippen molar-refractivity contribution in [3.05, 3.63) is 47.2 Å². The minimum absolute atomic E-state index is 0.0988. The van der Waals surface area contributed by atoms with Crippen molar-refractivity contribution in [1.82, 2.24) is 14.9 Å². The van der Waals surface area contributed by atoms with Crippen LogP contribution in [-0.2, 0) is 0 Å². The molecule has 128 valence electrons. The minimum Gasteiger partial charge on any atom is -0.310 e. The molecule has 6 heteroatoms. The maximum atomic E-state index is 14.5. The van der Waals surface area contributed by atoms with Gasteiger partial charge < -0.3 is 4.90 Å². The lowest BCUT2D eigenvalue weighted by Gasteiger charge is -2.10. The third-order valence-electron chi connectivity index (χ3n) is 4.43. The van der Waals surface area contributed by atoms with E-state index in [-0.39, 0.29) is 23.7 Å². The Morgan fingerprint density at radius 3 is 2.80 bits per heavy atom. The van der Waals surface area contributed by atoms with E-state index in [1.54, 1.807) is 24.0 Å². The lowest BCUT2D eigenvalue weighted by Crippen LogP contribution is -2.16. The van der Waals surface area contributed by atoms with Crippen molar-refractivity contribution in [2.75, 3.05) is 13.1 Å². The third-order valence-corrected chi connectivity index (χ3v) is 4.43. The Balaban J connectivity index is 1.78.